The van der Waals surface area contributed by atoms with Crippen molar-refractivity contribution in [2.75, 3.05) is 13.1 Å². The quantitative estimate of drug-likeness (QED) is 0.624. The predicted octanol–water partition coefficient (Wildman–Crippen LogP) is 4.15. The van der Waals surface area contributed by atoms with E-state index in [0.717, 1.165) is 17.8 Å². The molecule has 0 spiro atoms. The zero-order chi connectivity index (χ0) is 22.3. The Hall–Kier alpha value is -2.97. The number of amides is 1. The third-order valence-corrected chi connectivity index (χ3v) is 5.96. The number of nitrogens with zero attached hydrogens (tertiary/aromatic N) is 6. The molecule has 1 unspecified atom stereocenters. The van der Waals surface area contributed by atoms with Gasteiger partial charge in [-0.3, -0.25) is 9.78 Å². The highest BCUT2D eigenvalue weighted by molar-refractivity contribution is 5.94. The number of rotatable bonds is 4. The Morgan fingerprint density at radius 1 is 1.16 bits per heavy atom. The van der Waals surface area contributed by atoms with E-state index >= 15 is 0 Å². The SMILES string of the molecule is Cc1cc(C(=O)N2CCC(C)[C@H](c3cc(C(F)F)nc4ncnn34)C2)cc(C(C)C)n1. The number of likely N-dealkylation sites (tertiary alicyclic amines) is 1. The zero-order valence-corrected chi connectivity index (χ0v) is 18.1. The van der Waals surface area contributed by atoms with Gasteiger partial charge in [-0.15, -0.1) is 0 Å². The summed E-state index contributed by atoms with van der Waals surface area (Å²) in [7, 11) is 0. The molecule has 9 heteroatoms. The first-order valence-electron chi connectivity index (χ1n) is 10.5. The Balaban J connectivity index is 1.68. The number of carbonyl (C=O) groups excluding carboxylic acids is 1. The monoisotopic (exact) mass is 428 g/mol. The Labute approximate surface area is 179 Å². The molecule has 0 saturated carbocycles. The van der Waals surface area contributed by atoms with Gasteiger partial charge in [-0.25, -0.2) is 18.3 Å². The highest BCUT2D eigenvalue weighted by Gasteiger charge is 2.33. The van der Waals surface area contributed by atoms with E-state index in [0.29, 0.717) is 24.3 Å². The second-order valence-electron chi connectivity index (χ2n) is 8.58. The number of alkyl halides is 2. The third kappa shape index (κ3) is 4.13. The van der Waals surface area contributed by atoms with Crippen LogP contribution in [0.4, 0.5) is 8.78 Å². The van der Waals surface area contributed by atoms with E-state index in [4.69, 9.17) is 0 Å². The Bertz CT molecular complexity index is 1110. The molecule has 1 aliphatic rings. The summed E-state index contributed by atoms with van der Waals surface area (Å²) in [6.45, 7) is 9.07. The summed E-state index contributed by atoms with van der Waals surface area (Å²) in [6.07, 6.45) is -0.628. The van der Waals surface area contributed by atoms with Gasteiger partial charge in [0.15, 0.2) is 0 Å². The topological polar surface area (TPSA) is 76.3 Å². The van der Waals surface area contributed by atoms with Crippen molar-refractivity contribution in [2.45, 2.75) is 52.4 Å². The fourth-order valence-electron chi connectivity index (χ4n) is 4.16. The maximum atomic E-state index is 13.4. The molecule has 164 valence electrons. The lowest BCUT2D eigenvalue weighted by atomic mass is 9.84. The molecule has 4 rings (SSSR count). The number of fused-ring (bicyclic) bond motifs is 1. The van der Waals surface area contributed by atoms with Crippen LogP contribution >= 0.6 is 0 Å². The van der Waals surface area contributed by atoms with E-state index in [1.807, 2.05) is 26.8 Å². The molecule has 7 nitrogen and oxygen atoms in total. The summed E-state index contributed by atoms with van der Waals surface area (Å²) in [5, 5.41) is 4.19. The highest BCUT2D eigenvalue weighted by Crippen LogP contribution is 2.34. The summed E-state index contributed by atoms with van der Waals surface area (Å²) in [4.78, 5) is 27.6. The van der Waals surface area contributed by atoms with Crippen molar-refractivity contribution in [2.24, 2.45) is 5.92 Å². The van der Waals surface area contributed by atoms with Crippen LogP contribution in [0.5, 0.6) is 0 Å². The van der Waals surface area contributed by atoms with Gasteiger partial charge in [-0.2, -0.15) is 10.1 Å². The van der Waals surface area contributed by atoms with Gasteiger partial charge in [0.1, 0.15) is 12.0 Å². The van der Waals surface area contributed by atoms with Crippen LogP contribution in [0.3, 0.4) is 0 Å². The smallest absolute Gasteiger partial charge is 0.280 e. The van der Waals surface area contributed by atoms with E-state index in [2.05, 4.69) is 27.0 Å². The van der Waals surface area contributed by atoms with E-state index < -0.39 is 6.43 Å². The fourth-order valence-corrected chi connectivity index (χ4v) is 4.16. The lowest BCUT2D eigenvalue weighted by Crippen LogP contribution is -2.42. The predicted molar refractivity (Wildman–Crippen MR) is 111 cm³/mol. The number of halogens is 2. The molecular weight excluding hydrogens is 402 g/mol. The molecule has 3 aromatic rings. The van der Waals surface area contributed by atoms with Crippen molar-refractivity contribution >= 4 is 11.7 Å². The van der Waals surface area contributed by atoms with E-state index in [1.165, 1.54) is 16.9 Å². The van der Waals surface area contributed by atoms with Gasteiger partial charge in [0.25, 0.3) is 18.1 Å². The van der Waals surface area contributed by atoms with Gasteiger partial charge in [0.05, 0.1) is 5.69 Å². The van der Waals surface area contributed by atoms with Gasteiger partial charge < -0.3 is 4.90 Å². The molecule has 1 amide bonds. The Morgan fingerprint density at radius 2 is 1.94 bits per heavy atom. The van der Waals surface area contributed by atoms with Gasteiger partial charge in [0, 0.05) is 36.0 Å². The number of pyridine rings is 1. The van der Waals surface area contributed by atoms with Crippen LogP contribution in [0.1, 0.15) is 78.6 Å². The van der Waals surface area contributed by atoms with Crippen molar-refractivity contribution in [3.63, 3.8) is 0 Å². The molecule has 1 aliphatic heterocycles. The van der Waals surface area contributed by atoms with Gasteiger partial charge in [0.2, 0.25) is 0 Å². The molecule has 0 aliphatic carbocycles. The standard InChI is InChI=1S/C22H26F2N6O/c1-12(2)17-8-15(7-14(4)27-17)21(31)29-6-5-13(3)16(10-29)19-9-18(20(23)24)28-22-25-11-26-30(19)22/h7-9,11-13,16,20H,5-6,10H2,1-4H3/t13?,16-/m1/s1. The minimum Gasteiger partial charge on any atom is -0.338 e. The average Bonchev–Trinajstić information content (AvgIpc) is 3.21. The minimum absolute atomic E-state index is 0.0673. The van der Waals surface area contributed by atoms with E-state index in [1.54, 1.807) is 11.0 Å². The minimum atomic E-state index is -2.70. The number of hydrogen-bond acceptors (Lipinski definition) is 5. The van der Waals surface area contributed by atoms with Crippen LogP contribution in [-0.4, -0.2) is 48.5 Å². The van der Waals surface area contributed by atoms with Crippen LogP contribution in [0, 0.1) is 12.8 Å². The maximum absolute atomic E-state index is 13.4. The molecule has 3 aromatic heterocycles. The molecule has 0 N–H and O–H groups in total. The van der Waals surface area contributed by atoms with Gasteiger partial charge in [-0.05, 0) is 43.4 Å². The third-order valence-electron chi connectivity index (χ3n) is 5.96. The Kier molecular flexibility index (Phi) is 5.68. The number of piperidine rings is 1. The molecule has 2 atom stereocenters. The van der Waals surface area contributed by atoms with Crippen molar-refractivity contribution < 1.29 is 13.6 Å². The highest BCUT2D eigenvalue weighted by atomic mass is 19.3. The molecule has 4 heterocycles. The van der Waals surface area contributed by atoms with Crippen molar-refractivity contribution in [3.8, 4) is 0 Å². The normalized spacial score (nSPS) is 19.5. The molecule has 0 bridgehead atoms. The second kappa shape index (κ2) is 8.28. The number of hydrogen-bond donors (Lipinski definition) is 0. The number of aromatic nitrogens is 5. The van der Waals surface area contributed by atoms with Gasteiger partial charge >= 0.3 is 0 Å². The lowest BCUT2D eigenvalue weighted by Gasteiger charge is -2.37. The zero-order valence-electron chi connectivity index (χ0n) is 18.1. The second-order valence-corrected chi connectivity index (χ2v) is 8.58. The van der Waals surface area contributed by atoms with Crippen LogP contribution < -0.4 is 0 Å². The summed E-state index contributed by atoms with van der Waals surface area (Å²) in [6, 6.07) is 5.05. The largest absolute Gasteiger partial charge is 0.338 e. The summed E-state index contributed by atoms with van der Waals surface area (Å²) < 4.78 is 28.4. The van der Waals surface area contributed by atoms with Crippen LogP contribution in [0.15, 0.2) is 24.5 Å². The van der Waals surface area contributed by atoms with Crippen LogP contribution in [0.2, 0.25) is 0 Å². The molecule has 0 aromatic carbocycles. The summed E-state index contributed by atoms with van der Waals surface area (Å²) >= 11 is 0. The first-order valence-corrected chi connectivity index (χ1v) is 10.5. The fraction of sp³-hybridized carbons (Fsp3) is 0.500. The molecule has 1 saturated heterocycles. The lowest BCUT2D eigenvalue weighted by molar-refractivity contribution is 0.0665. The van der Waals surface area contributed by atoms with E-state index in [9.17, 15) is 13.6 Å². The summed E-state index contributed by atoms with van der Waals surface area (Å²) in [5.41, 5.74) is 2.58. The van der Waals surface area contributed by atoms with Crippen LogP contribution in [-0.2, 0) is 0 Å². The molecule has 0 radical (unpaired) electrons. The number of carbonyl (C=O) groups is 1. The van der Waals surface area contributed by atoms with Crippen LogP contribution in [0.25, 0.3) is 5.78 Å². The Morgan fingerprint density at radius 3 is 2.65 bits per heavy atom. The molecule has 31 heavy (non-hydrogen) atoms. The van der Waals surface area contributed by atoms with Gasteiger partial charge in [-0.1, -0.05) is 20.8 Å². The van der Waals surface area contributed by atoms with Crippen molar-refractivity contribution in [1.29, 1.82) is 0 Å². The van der Waals surface area contributed by atoms with Crippen molar-refractivity contribution in [1.82, 2.24) is 29.5 Å². The van der Waals surface area contributed by atoms with Crippen molar-refractivity contribution in [3.05, 3.63) is 52.9 Å². The van der Waals surface area contributed by atoms with E-state index in [-0.39, 0.29) is 35.1 Å². The number of aryl methyl sites for hydroxylation is 1. The first-order chi connectivity index (χ1) is 14.7. The molecule has 1 fully saturated rings. The first kappa shape index (κ1) is 21.3. The molecular formula is C22H26F2N6O. The summed E-state index contributed by atoms with van der Waals surface area (Å²) in [5.74, 6) is 0.326. The average molecular weight is 428 g/mol. The maximum Gasteiger partial charge on any atom is 0.280 e.